The first-order valence-electron chi connectivity index (χ1n) is 8.63. The summed E-state index contributed by atoms with van der Waals surface area (Å²) in [5.74, 6) is -0.939. The molecule has 0 unspecified atom stereocenters. The number of amides is 1. The zero-order valence-electron chi connectivity index (χ0n) is 15.9. The first kappa shape index (κ1) is 21.3. The van der Waals surface area contributed by atoms with Gasteiger partial charge in [0.05, 0.1) is 25.6 Å². The van der Waals surface area contributed by atoms with Gasteiger partial charge in [0, 0.05) is 5.56 Å². The number of carbonyl (C=O) groups excluding carboxylic acids is 2. The summed E-state index contributed by atoms with van der Waals surface area (Å²) >= 11 is 0. The average Bonchev–Trinajstić information content (AvgIpc) is 2.63. The highest BCUT2D eigenvalue weighted by molar-refractivity contribution is 5.88. The molecular formula is C22H27NO3. The number of carboxylic acid groups (broad SMARTS) is 1. The lowest BCUT2D eigenvalue weighted by Gasteiger charge is -2.26. The van der Waals surface area contributed by atoms with Crippen LogP contribution in [-0.4, -0.2) is 30.5 Å². The molecule has 0 aliphatic rings. The van der Waals surface area contributed by atoms with E-state index < -0.39 is 5.97 Å². The molecule has 0 fully saturated rings. The van der Waals surface area contributed by atoms with Gasteiger partial charge in [-0.1, -0.05) is 61.5 Å². The molecule has 0 aromatic heterocycles. The molecular weight excluding hydrogens is 326 g/mol. The van der Waals surface area contributed by atoms with Gasteiger partial charge in [-0.15, -0.1) is 0 Å². The summed E-state index contributed by atoms with van der Waals surface area (Å²) in [5, 5.41) is 9.91. The summed E-state index contributed by atoms with van der Waals surface area (Å²) in [6, 6.07) is 19.6. The first-order valence-corrected chi connectivity index (χ1v) is 8.63. The van der Waals surface area contributed by atoms with E-state index in [0.29, 0.717) is 16.6 Å². The van der Waals surface area contributed by atoms with E-state index >= 15 is 0 Å². The Morgan fingerprint density at radius 3 is 1.88 bits per heavy atom. The molecule has 2 rings (SSSR count). The monoisotopic (exact) mass is 353 g/mol. The number of allylic oxidation sites excluding steroid dienone is 1. The Morgan fingerprint density at radius 2 is 1.46 bits per heavy atom. The predicted octanol–water partition coefficient (Wildman–Crippen LogP) is 3.20. The second-order valence-corrected chi connectivity index (χ2v) is 6.58. The number of rotatable bonds is 5. The highest BCUT2D eigenvalue weighted by Gasteiger charge is 2.27. The molecule has 4 heteroatoms. The number of hydrogen-bond donors (Lipinski definition) is 0. The molecule has 0 heterocycles. The summed E-state index contributed by atoms with van der Waals surface area (Å²) in [6.07, 6.45) is 2.37. The fraction of sp³-hybridized carbons (Fsp3) is 0.273. The predicted molar refractivity (Wildman–Crippen MR) is 102 cm³/mol. The summed E-state index contributed by atoms with van der Waals surface area (Å²) in [7, 11) is 3.89. The quantitative estimate of drug-likeness (QED) is 0.613. The van der Waals surface area contributed by atoms with Gasteiger partial charge in [-0.3, -0.25) is 4.48 Å². The van der Waals surface area contributed by atoms with E-state index in [1.54, 1.807) is 6.08 Å². The van der Waals surface area contributed by atoms with E-state index in [0.717, 1.165) is 12.0 Å². The molecule has 4 nitrogen and oxygen atoms in total. The second kappa shape index (κ2) is 10.3. The fourth-order valence-corrected chi connectivity index (χ4v) is 2.43. The lowest BCUT2D eigenvalue weighted by molar-refractivity contribution is -0.821. The number of carboxylic acids is 1. The third-order valence-electron chi connectivity index (χ3n) is 3.82. The fourth-order valence-electron chi connectivity index (χ4n) is 2.43. The zero-order chi connectivity index (χ0) is 19.6. The van der Waals surface area contributed by atoms with Gasteiger partial charge < -0.3 is 9.90 Å². The van der Waals surface area contributed by atoms with Crippen molar-refractivity contribution in [1.82, 2.24) is 0 Å². The van der Waals surface area contributed by atoms with Crippen LogP contribution < -0.4 is 5.11 Å². The molecule has 0 spiro atoms. The van der Waals surface area contributed by atoms with E-state index in [-0.39, 0.29) is 5.91 Å². The van der Waals surface area contributed by atoms with Crippen LogP contribution in [0.4, 0.5) is 0 Å². The van der Waals surface area contributed by atoms with Gasteiger partial charge in [-0.25, -0.2) is 4.79 Å². The summed E-state index contributed by atoms with van der Waals surface area (Å²) in [6.45, 7) is 4.11. The molecule has 0 aliphatic carbocycles. The normalized spacial score (nSPS) is 11.3. The Morgan fingerprint density at radius 1 is 0.962 bits per heavy atom. The minimum atomic E-state index is -1.08. The van der Waals surface area contributed by atoms with Gasteiger partial charge in [-0.2, -0.15) is 0 Å². The maximum absolute atomic E-state index is 12.4. The van der Waals surface area contributed by atoms with Crippen molar-refractivity contribution in [2.24, 2.45) is 0 Å². The maximum atomic E-state index is 12.4. The van der Waals surface area contributed by atoms with E-state index in [4.69, 9.17) is 0 Å². The van der Waals surface area contributed by atoms with Gasteiger partial charge in [0.1, 0.15) is 6.54 Å². The molecule has 0 aliphatic heterocycles. The lowest BCUT2D eigenvalue weighted by Crippen LogP contribution is -2.44. The molecule has 0 saturated heterocycles. The molecule has 26 heavy (non-hydrogen) atoms. The lowest BCUT2D eigenvalue weighted by atomic mass is 10.1. The van der Waals surface area contributed by atoms with Crippen LogP contribution in [0.15, 0.2) is 72.3 Å². The van der Waals surface area contributed by atoms with Crippen LogP contribution in [0, 0.1) is 0 Å². The molecule has 0 atom stereocenters. The number of hydrogen-bond acceptors (Lipinski definition) is 3. The Balaban J connectivity index is 0.000000359. The van der Waals surface area contributed by atoms with Crippen LogP contribution in [0.3, 0.4) is 0 Å². The van der Waals surface area contributed by atoms with Gasteiger partial charge in [0.25, 0.3) is 0 Å². The third kappa shape index (κ3) is 7.03. The Labute approximate surface area is 156 Å². The van der Waals surface area contributed by atoms with Crippen LogP contribution >= 0.6 is 0 Å². The van der Waals surface area contributed by atoms with Crippen molar-refractivity contribution in [2.75, 3.05) is 14.1 Å². The Hall–Kier alpha value is -2.72. The summed E-state index contributed by atoms with van der Waals surface area (Å²) in [5.41, 5.74) is 2.25. The van der Waals surface area contributed by atoms with Gasteiger partial charge in [0.2, 0.25) is 0 Å². The Kier molecular flexibility index (Phi) is 8.46. The van der Waals surface area contributed by atoms with E-state index in [1.807, 2.05) is 69.6 Å². The molecule has 0 N–H and O–H groups in total. The molecule has 2 aromatic rings. The largest absolute Gasteiger partial charge is 0.545 e. The Bertz CT molecular complexity index is 734. The molecule has 0 saturated carbocycles. The topological polar surface area (TPSA) is 57.2 Å². The zero-order valence-corrected chi connectivity index (χ0v) is 15.9. The maximum Gasteiger partial charge on any atom is 0.345 e. The van der Waals surface area contributed by atoms with E-state index in [2.05, 4.69) is 12.1 Å². The van der Waals surface area contributed by atoms with Gasteiger partial charge in [0.15, 0.2) is 0 Å². The summed E-state index contributed by atoms with van der Waals surface area (Å²) < 4.78 is 0.327. The van der Waals surface area contributed by atoms with Crippen LogP contribution in [-0.2, 0) is 11.3 Å². The number of nitrogens with zero attached hydrogens (tertiary/aromatic N) is 1. The third-order valence-corrected chi connectivity index (χ3v) is 3.82. The molecule has 1 amide bonds. The van der Waals surface area contributed by atoms with Crippen molar-refractivity contribution in [3.05, 3.63) is 83.4 Å². The molecule has 138 valence electrons. The van der Waals surface area contributed by atoms with Crippen molar-refractivity contribution in [2.45, 2.75) is 26.8 Å². The van der Waals surface area contributed by atoms with Crippen LogP contribution in [0.2, 0.25) is 0 Å². The van der Waals surface area contributed by atoms with Gasteiger partial charge in [-0.05, 0) is 31.1 Å². The SMILES string of the molecule is CCC=C(C)C(=O)[O-].C[N+](C)(Cc1ccccc1)C(=O)c1ccccc1. The molecule has 0 bridgehead atoms. The minimum Gasteiger partial charge on any atom is -0.545 e. The van der Waals surface area contributed by atoms with Crippen LogP contribution in [0.25, 0.3) is 0 Å². The minimum absolute atomic E-state index is 0.138. The van der Waals surface area contributed by atoms with Crippen molar-refractivity contribution in [3.8, 4) is 0 Å². The number of quaternary nitrogens is 1. The van der Waals surface area contributed by atoms with E-state index in [1.165, 1.54) is 12.5 Å². The highest BCUT2D eigenvalue weighted by atomic mass is 16.4. The van der Waals surface area contributed by atoms with Crippen molar-refractivity contribution in [3.63, 3.8) is 0 Å². The summed E-state index contributed by atoms with van der Waals surface area (Å²) in [4.78, 5) is 22.4. The number of carbonyl (C=O) groups is 2. The average molecular weight is 353 g/mol. The molecule has 0 radical (unpaired) electrons. The number of aliphatic carboxylic acids is 1. The van der Waals surface area contributed by atoms with Gasteiger partial charge >= 0.3 is 5.91 Å². The standard InChI is InChI=1S/C16H18NO.C6H10O2/c1-17(2,13-14-9-5-3-6-10-14)16(18)15-11-7-4-8-12-15;1-3-4-5(2)6(7)8/h3-12H,13H2,1-2H3;4H,3H2,1-2H3,(H,7,8)/q+1;/p-1. The first-order chi connectivity index (χ1) is 12.3. The smallest absolute Gasteiger partial charge is 0.345 e. The van der Waals surface area contributed by atoms with Crippen LogP contribution in [0.1, 0.15) is 36.2 Å². The second-order valence-electron chi connectivity index (χ2n) is 6.58. The van der Waals surface area contributed by atoms with Crippen molar-refractivity contribution < 1.29 is 19.2 Å². The van der Waals surface area contributed by atoms with Crippen LogP contribution in [0.5, 0.6) is 0 Å². The van der Waals surface area contributed by atoms with Crippen molar-refractivity contribution in [1.29, 1.82) is 0 Å². The van der Waals surface area contributed by atoms with Crippen molar-refractivity contribution >= 4 is 11.9 Å². The van der Waals surface area contributed by atoms with E-state index in [9.17, 15) is 14.7 Å². The highest BCUT2D eigenvalue weighted by Crippen LogP contribution is 2.14. The molecule has 2 aromatic carbocycles. The number of benzene rings is 2.